The van der Waals surface area contributed by atoms with Gasteiger partial charge in [0.1, 0.15) is 13.3 Å². The second-order valence-electron chi connectivity index (χ2n) is 0.917. The van der Waals surface area contributed by atoms with Gasteiger partial charge < -0.3 is 0 Å². The van der Waals surface area contributed by atoms with Crippen LogP contribution in [0, 0.1) is 0 Å². The van der Waals surface area contributed by atoms with E-state index in [0.717, 1.165) is 0 Å². The van der Waals surface area contributed by atoms with Crippen LogP contribution in [0.25, 0.3) is 0 Å². The van der Waals surface area contributed by atoms with E-state index in [1.165, 1.54) is 0 Å². The highest BCUT2D eigenvalue weighted by Gasteiger charge is 1.80. The van der Waals surface area contributed by atoms with Gasteiger partial charge in [0, 0.05) is 0 Å². The molecule has 0 atom stereocenters. The first-order valence-corrected chi connectivity index (χ1v) is 2.22. The van der Waals surface area contributed by atoms with Gasteiger partial charge >= 0.3 is 0 Å². The highest BCUT2D eigenvalue weighted by atomic mass is 19.1. The lowest BCUT2D eigenvalue weighted by Crippen LogP contribution is -1.96. The molecule has 0 radical (unpaired) electrons. The third-order valence-electron chi connectivity index (χ3n) is 0.362. The minimum atomic E-state index is -0.486. The zero-order chi connectivity index (χ0) is 5.54. The van der Waals surface area contributed by atoms with Gasteiger partial charge in [-0.1, -0.05) is 0 Å². The Hall–Kier alpha value is -0.150. The summed E-state index contributed by atoms with van der Waals surface area (Å²) in [5, 5.41) is 0. The van der Waals surface area contributed by atoms with Crippen molar-refractivity contribution in [1.29, 1.82) is 0 Å². The summed E-state index contributed by atoms with van der Waals surface area (Å²) in [5.41, 5.74) is 0. The molecule has 0 aliphatic heterocycles. The molecule has 0 saturated heterocycles. The van der Waals surface area contributed by atoms with Crippen molar-refractivity contribution in [3.05, 3.63) is 0 Å². The van der Waals surface area contributed by atoms with E-state index in [4.69, 9.17) is 0 Å². The molecule has 0 aromatic carbocycles. The molecule has 44 valence electrons. The third kappa shape index (κ3) is 5.85. The fraction of sp³-hybridized carbons (Fsp3) is 1.00. The highest BCUT2D eigenvalue weighted by Crippen LogP contribution is 1.76. The fourth-order valence-electron chi connectivity index (χ4n) is 0.174. The Bertz CT molecular complexity index is 28.9. The summed E-state index contributed by atoms with van der Waals surface area (Å²) in [6.45, 7) is 1.80. The second kappa shape index (κ2) is 5.85. The van der Waals surface area contributed by atoms with Crippen molar-refractivity contribution in [2.75, 3.05) is 19.9 Å². The molecule has 0 aromatic rings. The van der Waals surface area contributed by atoms with E-state index in [1.807, 2.05) is 0 Å². The Morgan fingerprint density at radius 3 is 2.57 bits per heavy atom. The zero-order valence-corrected chi connectivity index (χ0v) is 4.32. The molecule has 0 rings (SSSR count). The molecule has 2 nitrogen and oxygen atoms in total. The Labute approximate surface area is 42.2 Å². The second-order valence-corrected chi connectivity index (χ2v) is 0.917. The van der Waals surface area contributed by atoms with E-state index in [1.54, 1.807) is 6.92 Å². The van der Waals surface area contributed by atoms with Crippen LogP contribution >= 0.6 is 0 Å². The molecule has 7 heavy (non-hydrogen) atoms. The molecular formula is C4H9FO2. The normalized spacial score (nSPS) is 9.43. The lowest BCUT2D eigenvalue weighted by molar-refractivity contribution is -0.292. The maximum atomic E-state index is 11.1. The quantitative estimate of drug-likeness (QED) is 0.303. The van der Waals surface area contributed by atoms with Crippen LogP contribution < -0.4 is 0 Å². The summed E-state index contributed by atoms with van der Waals surface area (Å²) < 4.78 is 11.1. The van der Waals surface area contributed by atoms with Crippen molar-refractivity contribution >= 4 is 0 Å². The number of alkyl halides is 1. The van der Waals surface area contributed by atoms with Crippen LogP contribution in [0.5, 0.6) is 0 Å². The summed E-state index contributed by atoms with van der Waals surface area (Å²) >= 11 is 0. The molecule has 3 heteroatoms. The molecule has 0 fully saturated rings. The van der Waals surface area contributed by atoms with Crippen LogP contribution in [0.3, 0.4) is 0 Å². The molecule has 0 spiro atoms. The van der Waals surface area contributed by atoms with E-state index < -0.39 is 6.67 Å². The first kappa shape index (κ1) is 6.85. The standard InChI is InChI=1S/C4H9FO2/c1-2-6-7-4-3-5/h2-4H2,1H3. The number of hydrogen-bond donors (Lipinski definition) is 0. The van der Waals surface area contributed by atoms with E-state index in [0.29, 0.717) is 6.61 Å². The number of rotatable bonds is 4. The van der Waals surface area contributed by atoms with E-state index in [-0.39, 0.29) is 6.61 Å². The predicted octanol–water partition coefficient (Wildman–Crippen LogP) is 0.924. The van der Waals surface area contributed by atoms with Gasteiger partial charge in [0.25, 0.3) is 0 Å². The van der Waals surface area contributed by atoms with Crippen LogP contribution in [0.1, 0.15) is 6.92 Å². The summed E-state index contributed by atoms with van der Waals surface area (Å²) in [4.78, 5) is 8.59. The van der Waals surface area contributed by atoms with Gasteiger partial charge in [0.2, 0.25) is 0 Å². The first-order valence-electron chi connectivity index (χ1n) is 2.22. The van der Waals surface area contributed by atoms with Crippen LogP contribution in [-0.4, -0.2) is 19.9 Å². The van der Waals surface area contributed by atoms with Crippen molar-refractivity contribution in [2.24, 2.45) is 0 Å². The van der Waals surface area contributed by atoms with E-state index in [2.05, 4.69) is 9.78 Å². The Balaban J connectivity index is 2.45. The lowest BCUT2D eigenvalue weighted by atomic mass is 10.8. The first-order chi connectivity index (χ1) is 3.41. The topological polar surface area (TPSA) is 18.5 Å². The summed E-state index contributed by atoms with van der Waals surface area (Å²) in [6.07, 6.45) is 0. The van der Waals surface area contributed by atoms with E-state index >= 15 is 0 Å². The maximum absolute atomic E-state index is 11.1. The average molecular weight is 108 g/mol. The lowest BCUT2D eigenvalue weighted by Gasteiger charge is -1.94. The maximum Gasteiger partial charge on any atom is 0.116 e. The number of halogens is 1. The molecule has 0 unspecified atom stereocenters. The predicted molar refractivity (Wildman–Crippen MR) is 23.6 cm³/mol. The van der Waals surface area contributed by atoms with Gasteiger partial charge in [-0.2, -0.15) is 0 Å². The summed E-state index contributed by atoms with van der Waals surface area (Å²) in [5.74, 6) is 0. The monoisotopic (exact) mass is 108 g/mol. The van der Waals surface area contributed by atoms with Crippen LogP contribution in [-0.2, 0) is 9.78 Å². The van der Waals surface area contributed by atoms with Gasteiger partial charge in [0.05, 0.1) is 6.61 Å². The van der Waals surface area contributed by atoms with Gasteiger partial charge in [0.15, 0.2) is 0 Å². The average Bonchev–Trinajstić information content (AvgIpc) is 1.69. The molecule has 0 amide bonds. The van der Waals surface area contributed by atoms with Crippen molar-refractivity contribution in [1.82, 2.24) is 0 Å². The fourth-order valence-corrected chi connectivity index (χ4v) is 0.174. The molecule has 0 aliphatic rings. The third-order valence-corrected chi connectivity index (χ3v) is 0.362. The van der Waals surface area contributed by atoms with Crippen molar-refractivity contribution < 1.29 is 14.2 Å². The largest absolute Gasteiger partial charge is 0.248 e. The molecule has 0 N–H and O–H groups in total. The highest BCUT2D eigenvalue weighted by molar-refractivity contribution is 4.13. The van der Waals surface area contributed by atoms with Crippen LogP contribution in [0.15, 0.2) is 0 Å². The molecule has 0 bridgehead atoms. The molecule has 0 saturated carbocycles. The Morgan fingerprint density at radius 2 is 2.14 bits per heavy atom. The van der Waals surface area contributed by atoms with Crippen molar-refractivity contribution in [3.63, 3.8) is 0 Å². The summed E-state index contributed by atoms with van der Waals surface area (Å²) in [6, 6.07) is 0. The Morgan fingerprint density at radius 1 is 1.43 bits per heavy atom. The molecule has 0 aromatic heterocycles. The van der Waals surface area contributed by atoms with Crippen molar-refractivity contribution in [2.45, 2.75) is 6.92 Å². The summed E-state index contributed by atoms with van der Waals surface area (Å²) in [7, 11) is 0. The van der Waals surface area contributed by atoms with Gasteiger partial charge in [-0.25, -0.2) is 14.2 Å². The minimum absolute atomic E-state index is 0.0356. The van der Waals surface area contributed by atoms with Gasteiger partial charge in [-0.15, -0.1) is 0 Å². The Kier molecular flexibility index (Phi) is 5.72. The van der Waals surface area contributed by atoms with Crippen LogP contribution in [0.4, 0.5) is 4.39 Å². The zero-order valence-electron chi connectivity index (χ0n) is 4.32. The van der Waals surface area contributed by atoms with Crippen LogP contribution in [0.2, 0.25) is 0 Å². The van der Waals surface area contributed by atoms with E-state index in [9.17, 15) is 4.39 Å². The molecular weight excluding hydrogens is 99.0 g/mol. The van der Waals surface area contributed by atoms with Gasteiger partial charge in [-0.05, 0) is 6.92 Å². The SMILES string of the molecule is CCOOCCF. The molecule has 0 heterocycles. The number of hydrogen-bond acceptors (Lipinski definition) is 2. The van der Waals surface area contributed by atoms with Gasteiger partial charge in [-0.3, -0.25) is 0 Å². The smallest absolute Gasteiger partial charge is 0.116 e. The minimum Gasteiger partial charge on any atom is -0.248 e. The van der Waals surface area contributed by atoms with Crippen molar-refractivity contribution in [3.8, 4) is 0 Å². The molecule has 0 aliphatic carbocycles.